The summed E-state index contributed by atoms with van der Waals surface area (Å²) in [5, 5.41) is 3.42. The molecule has 0 saturated carbocycles. The van der Waals surface area contributed by atoms with Crippen LogP contribution in [0.5, 0.6) is 11.5 Å². The van der Waals surface area contributed by atoms with Gasteiger partial charge in [0.25, 0.3) is 0 Å². The summed E-state index contributed by atoms with van der Waals surface area (Å²) >= 11 is 0. The number of rotatable bonds is 9. The van der Waals surface area contributed by atoms with Crippen LogP contribution in [-0.4, -0.2) is 19.8 Å². The Morgan fingerprint density at radius 3 is 2.50 bits per heavy atom. The molecule has 0 heterocycles. The van der Waals surface area contributed by atoms with Crippen LogP contribution in [0.25, 0.3) is 0 Å². The van der Waals surface area contributed by atoms with Crippen LogP contribution in [-0.2, 0) is 6.54 Å². The topological polar surface area (TPSA) is 30.5 Å². The van der Waals surface area contributed by atoms with Gasteiger partial charge in [-0.05, 0) is 30.0 Å². The second kappa shape index (κ2) is 8.85. The Kier molecular flexibility index (Phi) is 7.45. The van der Waals surface area contributed by atoms with Crippen LogP contribution in [0.3, 0.4) is 0 Å². The minimum absolute atomic E-state index is 0.478. The van der Waals surface area contributed by atoms with Crippen molar-refractivity contribution in [3.05, 3.63) is 23.8 Å². The average molecular weight is 279 g/mol. The Morgan fingerprint density at radius 2 is 1.90 bits per heavy atom. The lowest BCUT2D eigenvalue weighted by Gasteiger charge is -2.16. The first-order valence-corrected chi connectivity index (χ1v) is 7.59. The van der Waals surface area contributed by atoms with Crippen molar-refractivity contribution in [1.29, 1.82) is 0 Å². The van der Waals surface area contributed by atoms with Crippen LogP contribution in [0.2, 0.25) is 0 Å². The van der Waals surface area contributed by atoms with Gasteiger partial charge in [0.2, 0.25) is 0 Å². The highest BCUT2D eigenvalue weighted by Crippen LogP contribution is 2.28. The Balaban J connectivity index is 2.67. The molecule has 1 rings (SSSR count). The van der Waals surface area contributed by atoms with Crippen molar-refractivity contribution in [3.8, 4) is 11.5 Å². The lowest BCUT2D eigenvalue weighted by atomic mass is 10.1. The zero-order chi connectivity index (χ0) is 15.0. The van der Waals surface area contributed by atoms with Crippen molar-refractivity contribution in [1.82, 2.24) is 5.32 Å². The fourth-order valence-corrected chi connectivity index (χ4v) is 2.07. The molecule has 1 atom stereocenters. The third-order valence-electron chi connectivity index (χ3n) is 3.25. The molecule has 0 aliphatic rings. The van der Waals surface area contributed by atoms with E-state index in [1.54, 1.807) is 7.11 Å². The molecule has 3 nitrogen and oxygen atoms in total. The molecule has 1 unspecified atom stereocenters. The molecule has 0 spiro atoms. The summed E-state index contributed by atoms with van der Waals surface area (Å²) in [5.41, 5.74) is 1.22. The molecule has 0 bridgehead atoms. The minimum Gasteiger partial charge on any atom is -0.493 e. The average Bonchev–Trinajstić information content (AvgIpc) is 2.43. The third kappa shape index (κ3) is 5.83. The van der Waals surface area contributed by atoms with Crippen LogP contribution < -0.4 is 14.8 Å². The van der Waals surface area contributed by atoms with Gasteiger partial charge in [-0.1, -0.05) is 40.2 Å². The fraction of sp³-hybridized carbons (Fsp3) is 0.647. The van der Waals surface area contributed by atoms with E-state index < -0.39 is 0 Å². The summed E-state index contributed by atoms with van der Waals surface area (Å²) < 4.78 is 11.3. The number of hydrogen-bond donors (Lipinski definition) is 1. The van der Waals surface area contributed by atoms with Crippen LogP contribution in [0, 0.1) is 5.92 Å². The lowest BCUT2D eigenvalue weighted by molar-refractivity contribution is 0.240. The molecule has 1 aromatic rings. The van der Waals surface area contributed by atoms with Gasteiger partial charge < -0.3 is 14.8 Å². The Bertz CT molecular complexity index is 391. The van der Waals surface area contributed by atoms with E-state index >= 15 is 0 Å². The SMILES string of the molecule is CCCC(C)COc1cc(CNC(C)C)ccc1OC. The second-order valence-corrected chi connectivity index (χ2v) is 5.73. The molecule has 0 aliphatic carbocycles. The van der Waals surface area contributed by atoms with Gasteiger partial charge in [-0.25, -0.2) is 0 Å². The normalized spacial score (nSPS) is 12.5. The number of hydrogen-bond acceptors (Lipinski definition) is 3. The summed E-state index contributed by atoms with van der Waals surface area (Å²) in [5.74, 6) is 2.22. The Labute approximate surface area is 123 Å². The molecule has 0 aliphatic heterocycles. The third-order valence-corrected chi connectivity index (χ3v) is 3.25. The fourth-order valence-electron chi connectivity index (χ4n) is 2.07. The van der Waals surface area contributed by atoms with E-state index in [0.717, 1.165) is 24.7 Å². The zero-order valence-corrected chi connectivity index (χ0v) is 13.5. The van der Waals surface area contributed by atoms with Crippen molar-refractivity contribution in [2.45, 2.75) is 53.1 Å². The summed E-state index contributed by atoms with van der Waals surface area (Å²) in [7, 11) is 1.68. The first-order chi connectivity index (χ1) is 9.56. The lowest BCUT2D eigenvalue weighted by Crippen LogP contribution is -2.21. The van der Waals surface area contributed by atoms with Crippen molar-refractivity contribution in [2.75, 3.05) is 13.7 Å². The number of nitrogens with one attached hydrogen (secondary N) is 1. The predicted octanol–water partition coefficient (Wildman–Crippen LogP) is 4.01. The molecule has 0 saturated heterocycles. The minimum atomic E-state index is 0.478. The molecule has 0 amide bonds. The van der Waals surface area contributed by atoms with Gasteiger partial charge in [0.05, 0.1) is 13.7 Å². The van der Waals surface area contributed by atoms with Crippen molar-refractivity contribution < 1.29 is 9.47 Å². The molecular weight excluding hydrogens is 250 g/mol. The van der Waals surface area contributed by atoms with Crippen molar-refractivity contribution >= 4 is 0 Å². The van der Waals surface area contributed by atoms with Crippen molar-refractivity contribution in [2.24, 2.45) is 5.92 Å². The Morgan fingerprint density at radius 1 is 1.15 bits per heavy atom. The summed E-state index contributed by atoms with van der Waals surface area (Å²) in [6, 6.07) is 6.62. The van der Waals surface area contributed by atoms with Gasteiger partial charge in [-0.15, -0.1) is 0 Å². The van der Waals surface area contributed by atoms with Gasteiger partial charge >= 0.3 is 0 Å². The van der Waals surface area contributed by atoms with Crippen LogP contribution in [0.4, 0.5) is 0 Å². The van der Waals surface area contributed by atoms with E-state index in [1.807, 2.05) is 6.07 Å². The largest absolute Gasteiger partial charge is 0.493 e. The highest BCUT2D eigenvalue weighted by molar-refractivity contribution is 5.43. The zero-order valence-electron chi connectivity index (χ0n) is 13.5. The second-order valence-electron chi connectivity index (χ2n) is 5.73. The predicted molar refractivity (Wildman–Crippen MR) is 84.5 cm³/mol. The quantitative estimate of drug-likeness (QED) is 0.741. The molecular formula is C17H29NO2. The summed E-state index contributed by atoms with van der Waals surface area (Å²) in [4.78, 5) is 0. The molecule has 1 N–H and O–H groups in total. The van der Waals surface area contributed by atoms with Gasteiger partial charge in [0, 0.05) is 12.6 Å². The molecule has 3 heteroatoms. The van der Waals surface area contributed by atoms with Gasteiger partial charge in [-0.3, -0.25) is 0 Å². The molecule has 0 aromatic heterocycles. The molecule has 20 heavy (non-hydrogen) atoms. The highest BCUT2D eigenvalue weighted by Gasteiger charge is 2.08. The molecule has 114 valence electrons. The van der Waals surface area contributed by atoms with E-state index in [4.69, 9.17) is 9.47 Å². The first kappa shape index (κ1) is 16.8. The number of ether oxygens (including phenoxy) is 2. The summed E-state index contributed by atoms with van der Waals surface area (Å²) in [6.45, 7) is 10.3. The van der Waals surface area contributed by atoms with E-state index in [1.165, 1.54) is 18.4 Å². The monoisotopic (exact) mass is 279 g/mol. The standard InChI is InChI=1S/C17H29NO2/c1-6-7-14(4)12-20-17-10-15(11-18-13(2)3)8-9-16(17)19-5/h8-10,13-14,18H,6-7,11-12H2,1-5H3. The van der Waals surface area contributed by atoms with Crippen LogP contribution in [0.15, 0.2) is 18.2 Å². The first-order valence-electron chi connectivity index (χ1n) is 7.59. The summed E-state index contributed by atoms with van der Waals surface area (Å²) in [6.07, 6.45) is 2.39. The van der Waals surface area contributed by atoms with Gasteiger partial charge in [-0.2, -0.15) is 0 Å². The van der Waals surface area contributed by atoms with Crippen LogP contribution in [0.1, 0.15) is 46.1 Å². The van der Waals surface area contributed by atoms with E-state index in [2.05, 4.69) is 45.1 Å². The maximum Gasteiger partial charge on any atom is 0.161 e. The Hall–Kier alpha value is -1.22. The smallest absolute Gasteiger partial charge is 0.161 e. The molecule has 0 radical (unpaired) electrons. The van der Waals surface area contributed by atoms with Crippen LogP contribution >= 0.6 is 0 Å². The van der Waals surface area contributed by atoms with E-state index in [9.17, 15) is 0 Å². The number of methoxy groups -OCH3 is 1. The number of benzene rings is 1. The van der Waals surface area contributed by atoms with Gasteiger partial charge in [0.15, 0.2) is 11.5 Å². The van der Waals surface area contributed by atoms with Crippen molar-refractivity contribution in [3.63, 3.8) is 0 Å². The van der Waals surface area contributed by atoms with E-state index in [0.29, 0.717) is 12.0 Å². The molecule has 0 fully saturated rings. The van der Waals surface area contributed by atoms with E-state index in [-0.39, 0.29) is 0 Å². The maximum absolute atomic E-state index is 5.94. The molecule has 1 aromatic carbocycles. The van der Waals surface area contributed by atoms with Gasteiger partial charge in [0.1, 0.15) is 0 Å². The maximum atomic E-state index is 5.94. The highest BCUT2D eigenvalue weighted by atomic mass is 16.5.